The van der Waals surface area contributed by atoms with Crippen LogP contribution in [-0.2, 0) is 14.8 Å². The smallest absolute Gasteiger partial charge is 0.248 e. The number of sulfonamides is 1. The molecule has 0 aliphatic rings. The number of anilines is 2. The molecule has 0 unspecified atom stereocenters. The molecule has 0 aromatic heterocycles. The van der Waals surface area contributed by atoms with Crippen LogP contribution < -0.4 is 9.62 Å². The van der Waals surface area contributed by atoms with Crippen LogP contribution in [0, 0.1) is 6.92 Å². The van der Waals surface area contributed by atoms with Crippen molar-refractivity contribution in [1.29, 1.82) is 0 Å². The van der Waals surface area contributed by atoms with E-state index in [1.807, 2.05) is 31.4 Å². The fourth-order valence-electron chi connectivity index (χ4n) is 2.74. The van der Waals surface area contributed by atoms with Crippen molar-refractivity contribution in [3.8, 4) is 0 Å². The second-order valence-corrected chi connectivity index (χ2v) is 9.22. The summed E-state index contributed by atoms with van der Waals surface area (Å²) in [5.74, 6) is -0.388. The zero-order valence-electron chi connectivity index (χ0n) is 15.7. The van der Waals surface area contributed by atoms with Gasteiger partial charge in [-0.1, -0.05) is 36.7 Å². The number of carbonyl (C=O) groups is 1. The number of halogens is 1. The van der Waals surface area contributed by atoms with Gasteiger partial charge >= 0.3 is 0 Å². The molecule has 0 aliphatic heterocycles. The summed E-state index contributed by atoms with van der Waals surface area (Å²) in [5, 5.41) is 3.31. The average Bonchev–Trinajstić information content (AvgIpc) is 2.61. The summed E-state index contributed by atoms with van der Waals surface area (Å²) < 4.78 is 26.1. The van der Waals surface area contributed by atoms with Gasteiger partial charge < -0.3 is 5.32 Å². The summed E-state index contributed by atoms with van der Waals surface area (Å²) in [6, 6.07) is 11.5. The maximum absolute atomic E-state index is 13.0. The zero-order chi connectivity index (χ0) is 20.2. The number of amides is 1. The molecule has 0 spiro atoms. The van der Waals surface area contributed by atoms with E-state index in [4.69, 9.17) is 11.6 Å². The molecule has 146 valence electrons. The van der Waals surface area contributed by atoms with E-state index in [-0.39, 0.29) is 5.91 Å². The van der Waals surface area contributed by atoms with E-state index < -0.39 is 16.1 Å². The maximum Gasteiger partial charge on any atom is 0.248 e. The van der Waals surface area contributed by atoms with Gasteiger partial charge in [0.15, 0.2) is 0 Å². The minimum Gasteiger partial charge on any atom is -0.323 e. The summed E-state index contributed by atoms with van der Waals surface area (Å²) in [6.07, 6.45) is 3.32. The number of nitrogens with zero attached hydrogens (tertiary/aromatic N) is 1. The van der Waals surface area contributed by atoms with E-state index in [0.29, 0.717) is 22.8 Å². The first-order chi connectivity index (χ1) is 12.7. The first-order valence-electron chi connectivity index (χ1n) is 8.38. The van der Waals surface area contributed by atoms with Gasteiger partial charge in [0.2, 0.25) is 15.9 Å². The molecule has 0 radical (unpaired) electrons. The second kappa shape index (κ2) is 8.99. The van der Waals surface area contributed by atoms with Gasteiger partial charge in [0.25, 0.3) is 0 Å². The van der Waals surface area contributed by atoms with Crippen molar-refractivity contribution in [2.24, 2.45) is 0 Å². The highest BCUT2D eigenvalue weighted by molar-refractivity contribution is 7.98. The standard InChI is InChI=1S/C19H23ClN2O3S2/c1-5-17(19(23)21-16-8-6-7-9-18(16)26-3)22(27(4,24)25)14-11-10-13(2)15(20)12-14/h6-12,17H,5H2,1-4H3,(H,21,23)/t17-/m1/s1. The van der Waals surface area contributed by atoms with Crippen LogP contribution in [0.25, 0.3) is 0 Å². The second-order valence-electron chi connectivity index (χ2n) is 6.11. The topological polar surface area (TPSA) is 66.5 Å². The quantitative estimate of drug-likeness (QED) is 0.659. The van der Waals surface area contributed by atoms with Crippen molar-refractivity contribution in [2.75, 3.05) is 22.1 Å². The Balaban J connectivity index is 2.43. The molecule has 0 saturated heterocycles. The fourth-order valence-corrected chi connectivity index (χ4v) is 4.68. The van der Waals surface area contributed by atoms with Gasteiger partial charge in [0, 0.05) is 9.92 Å². The Labute approximate surface area is 170 Å². The maximum atomic E-state index is 13.0. The lowest BCUT2D eigenvalue weighted by molar-refractivity contribution is -0.117. The first kappa shape index (κ1) is 21.6. The molecule has 0 saturated carbocycles. The lowest BCUT2D eigenvalue weighted by atomic mass is 10.1. The fraction of sp³-hybridized carbons (Fsp3) is 0.316. The predicted molar refractivity (Wildman–Crippen MR) is 114 cm³/mol. The minimum atomic E-state index is -3.70. The van der Waals surface area contributed by atoms with Gasteiger partial charge in [-0.25, -0.2) is 8.42 Å². The van der Waals surface area contributed by atoms with Gasteiger partial charge in [-0.05, 0) is 49.4 Å². The molecule has 8 heteroatoms. The van der Waals surface area contributed by atoms with E-state index in [1.165, 1.54) is 11.8 Å². The Morgan fingerprint density at radius 1 is 1.26 bits per heavy atom. The summed E-state index contributed by atoms with van der Waals surface area (Å²) >= 11 is 7.69. The molecule has 27 heavy (non-hydrogen) atoms. The van der Waals surface area contributed by atoms with Crippen LogP contribution in [-0.4, -0.2) is 32.9 Å². The summed E-state index contributed by atoms with van der Waals surface area (Å²) in [6.45, 7) is 3.61. The summed E-state index contributed by atoms with van der Waals surface area (Å²) in [7, 11) is -3.70. The molecule has 2 rings (SSSR count). The van der Waals surface area contributed by atoms with Gasteiger partial charge in [-0.15, -0.1) is 11.8 Å². The van der Waals surface area contributed by atoms with Gasteiger partial charge in [-0.2, -0.15) is 0 Å². The van der Waals surface area contributed by atoms with Crippen LogP contribution in [0.4, 0.5) is 11.4 Å². The zero-order valence-corrected chi connectivity index (χ0v) is 18.1. The molecular formula is C19H23ClN2O3S2. The Bertz CT molecular complexity index is 932. The molecule has 5 nitrogen and oxygen atoms in total. The summed E-state index contributed by atoms with van der Waals surface area (Å²) in [4.78, 5) is 13.9. The number of carbonyl (C=O) groups excluding carboxylic acids is 1. The molecular weight excluding hydrogens is 404 g/mol. The van der Waals surface area contributed by atoms with E-state index in [1.54, 1.807) is 31.2 Å². The molecule has 2 aromatic rings. The predicted octanol–water partition coefficient (Wildman–Crippen LogP) is 4.55. The highest BCUT2D eigenvalue weighted by Crippen LogP contribution is 2.29. The number of thioether (sulfide) groups is 1. The van der Waals surface area contributed by atoms with Gasteiger partial charge in [0.05, 0.1) is 17.6 Å². The number of benzene rings is 2. The highest BCUT2D eigenvalue weighted by Gasteiger charge is 2.32. The van der Waals surface area contributed by atoms with Gasteiger partial charge in [0.1, 0.15) is 6.04 Å². The number of nitrogens with one attached hydrogen (secondary N) is 1. The van der Waals surface area contributed by atoms with E-state index in [9.17, 15) is 13.2 Å². The Hall–Kier alpha value is -1.70. The molecule has 1 amide bonds. The van der Waals surface area contributed by atoms with E-state index in [2.05, 4.69) is 5.32 Å². The Morgan fingerprint density at radius 3 is 2.48 bits per heavy atom. The van der Waals surface area contributed by atoms with Crippen LogP contribution in [0.2, 0.25) is 5.02 Å². The lowest BCUT2D eigenvalue weighted by Crippen LogP contribution is -2.47. The van der Waals surface area contributed by atoms with Gasteiger partial charge in [-0.3, -0.25) is 9.10 Å². The highest BCUT2D eigenvalue weighted by atomic mass is 35.5. The monoisotopic (exact) mass is 426 g/mol. The third kappa shape index (κ3) is 5.18. The number of rotatable bonds is 7. The number of hydrogen-bond acceptors (Lipinski definition) is 4. The van der Waals surface area contributed by atoms with Crippen molar-refractivity contribution in [3.63, 3.8) is 0 Å². The van der Waals surface area contributed by atoms with Crippen molar-refractivity contribution in [2.45, 2.75) is 31.2 Å². The van der Waals surface area contributed by atoms with Crippen molar-refractivity contribution in [1.82, 2.24) is 0 Å². The van der Waals surface area contributed by atoms with Crippen molar-refractivity contribution in [3.05, 3.63) is 53.1 Å². The largest absolute Gasteiger partial charge is 0.323 e. The van der Waals surface area contributed by atoms with Crippen LogP contribution in [0.1, 0.15) is 18.9 Å². The van der Waals surface area contributed by atoms with Crippen LogP contribution in [0.3, 0.4) is 0 Å². The molecule has 2 aromatic carbocycles. The van der Waals surface area contributed by atoms with Crippen LogP contribution >= 0.6 is 23.4 Å². The Morgan fingerprint density at radius 2 is 1.93 bits per heavy atom. The third-order valence-electron chi connectivity index (χ3n) is 4.10. The van der Waals surface area contributed by atoms with E-state index >= 15 is 0 Å². The minimum absolute atomic E-state index is 0.311. The number of aryl methyl sites for hydroxylation is 1. The third-order valence-corrected chi connectivity index (χ3v) is 6.49. The lowest BCUT2D eigenvalue weighted by Gasteiger charge is -2.30. The van der Waals surface area contributed by atoms with E-state index in [0.717, 1.165) is 21.0 Å². The molecule has 0 heterocycles. The normalized spacial score (nSPS) is 12.5. The molecule has 1 atom stereocenters. The Kier molecular flexibility index (Phi) is 7.19. The molecule has 0 bridgehead atoms. The number of para-hydroxylation sites is 1. The summed E-state index contributed by atoms with van der Waals surface area (Å²) in [5.41, 5.74) is 1.86. The number of hydrogen-bond donors (Lipinski definition) is 1. The SMILES string of the molecule is CC[C@H](C(=O)Nc1ccccc1SC)N(c1ccc(C)c(Cl)c1)S(C)(=O)=O. The molecule has 1 N–H and O–H groups in total. The van der Waals surface area contributed by atoms with Crippen LogP contribution in [0.5, 0.6) is 0 Å². The van der Waals surface area contributed by atoms with Crippen LogP contribution in [0.15, 0.2) is 47.4 Å². The van der Waals surface area contributed by atoms with Crippen molar-refractivity contribution < 1.29 is 13.2 Å². The molecule has 0 aliphatic carbocycles. The first-order valence-corrected chi connectivity index (χ1v) is 11.8. The van der Waals surface area contributed by atoms with Crippen molar-refractivity contribution >= 4 is 50.7 Å². The molecule has 0 fully saturated rings. The average molecular weight is 427 g/mol.